The van der Waals surface area contributed by atoms with Crippen molar-refractivity contribution in [3.63, 3.8) is 0 Å². The van der Waals surface area contributed by atoms with E-state index >= 15 is 0 Å². The maximum atomic E-state index is 11.3. The van der Waals surface area contributed by atoms with Crippen molar-refractivity contribution in [2.24, 2.45) is 7.05 Å². The molecule has 6 heteroatoms. The molecule has 0 unspecified atom stereocenters. The highest BCUT2D eigenvalue weighted by molar-refractivity contribution is 7.89. The van der Waals surface area contributed by atoms with E-state index in [0.29, 0.717) is 13.1 Å². The molecule has 0 aliphatic carbocycles. The number of para-hydroxylation sites is 1. The van der Waals surface area contributed by atoms with E-state index in [1.807, 2.05) is 19.2 Å². The molecule has 0 spiro atoms. The fourth-order valence-corrected chi connectivity index (χ4v) is 2.72. The highest BCUT2D eigenvalue weighted by atomic mass is 32.2. The average Bonchev–Trinajstić information content (AvgIpc) is 2.72. The van der Waals surface area contributed by atoms with Crippen LogP contribution >= 0.6 is 0 Å². The molecule has 0 fully saturated rings. The summed E-state index contributed by atoms with van der Waals surface area (Å²) in [6, 6.07) is 8.18. The van der Waals surface area contributed by atoms with E-state index in [1.54, 1.807) is 0 Å². The van der Waals surface area contributed by atoms with Crippen LogP contribution in [0.25, 0.3) is 10.9 Å². The number of sulfonamides is 1. The normalized spacial score (nSPS) is 12.1. The molecule has 2 N–H and O–H groups in total. The molecule has 0 saturated carbocycles. The topological polar surface area (TPSA) is 63.1 Å². The molecule has 0 aliphatic heterocycles. The Morgan fingerprint density at radius 3 is 2.74 bits per heavy atom. The minimum atomic E-state index is -3.13. The number of aromatic nitrogens is 1. The molecule has 19 heavy (non-hydrogen) atoms. The number of fused-ring (bicyclic) bond motifs is 1. The first-order chi connectivity index (χ1) is 9.03. The summed E-state index contributed by atoms with van der Waals surface area (Å²) in [5, 5.41) is 4.37. The summed E-state index contributed by atoms with van der Waals surface area (Å²) in [6.45, 7) is 1.10. The van der Waals surface area contributed by atoms with Crippen LogP contribution in [-0.2, 0) is 23.6 Å². The van der Waals surface area contributed by atoms with Crippen molar-refractivity contribution in [1.29, 1.82) is 0 Å². The SMILES string of the molecule is CNS(=O)(=O)CCNCc1cn(C)c2ccccc12. The Labute approximate surface area is 113 Å². The Balaban J connectivity index is 1.99. The Bertz CT molecular complexity index is 662. The van der Waals surface area contributed by atoms with Gasteiger partial charge in [-0.3, -0.25) is 0 Å². The zero-order valence-electron chi connectivity index (χ0n) is 11.2. The van der Waals surface area contributed by atoms with Crippen LogP contribution < -0.4 is 10.0 Å². The summed E-state index contributed by atoms with van der Waals surface area (Å²) in [4.78, 5) is 0. The van der Waals surface area contributed by atoms with Crippen LogP contribution in [0.15, 0.2) is 30.5 Å². The molecule has 1 heterocycles. The van der Waals surface area contributed by atoms with Gasteiger partial charge < -0.3 is 9.88 Å². The van der Waals surface area contributed by atoms with E-state index in [9.17, 15) is 8.42 Å². The third-order valence-corrected chi connectivity index (χ3v) is 4.52. The maximum absolute atomic E-state index is 11.3. The zero-order valence-corrected chi connectivity index (χ0v) is 12.0. The fraction of sp³-hybridized carbons (Fsp3) is 0.385. The lowest BCUT2D eigenvalue weighted by Gasteiger charge is -2.04. The smallest absolute Gasteiger partial charge is 0.212 e. The third-order valence-electron chi connectivity index (χ3n) is 3.15. The van der Waals surface area contributed by atoms with E-state index in [1.165, 1.54) is 23.5 Å². The number of nitrogens with one attached hydrogen (secondary N) is 2. The van der Waals surface area contributed by atoms with Crippen LogP contribution in [0.5, 0.6) is 0 Å². The van der Waals surface area contributed by atoms with Gasteiger partial charge in [0.15, 0.2) is 0 Å². The lowest BCUT2D eigenvalue weighted by Crippen LogP contribution is -2.29. The molecule has 0 atom stereocenters. The number of aryl methyl sites for hydroxylation is 1. The highest BCUT2D eigenvalue weighted by Gasteiger charge is 2.07. The zero-order chi connectivity index (χ0) is 13.9. The number of hydrogen-bond donors (Lipinski definition) is 2. The van der Waals surface area contributed by atoms with Crippen LogP contribution in [0.3, 0.4) is 0 Å². The van der Waals surface area contributed by atoms with E-state index in [0.717, 1.165) is 0 Å². The summed E-state index contributed by atoms with van der Waals surface area (Å²) < 4.78 is 26.9. The van der Waals surface area contributed by atoms with Crippen molar-refractivity contribution in [3.8, 4) is 0 Å². The highest BCUT2D eigenvalue weighted by Crippen LogP contribution is 2.19. The molecule has 0 aliphatic rings. The van der Waals surface area contributed by atoms with Gasteiger partial charge in [0.25, 0.3) is 0 Å². The minimum absolute atomic E-state index is 0.0915. The van der Waals surface area contributed by atoms with Gasteiger partial charge >= 0.3 is 0 Å². The Morgan fingerprint density at radius 1 is 1.26 bits per heavy atom. The van der Waals surface area contributed by atoms with Gasteiger partial charge in [-0.05, 0) is 18.7 Å². The largest absolute Gasteiger partial charge is 0.350 e. The second-order valence-corrected chi connectivity index (χ2v) is 6.53. The van der Waals surface area contributed by atoms with Crippen molar-refractivity contribution >= 4 is 20.9 Å². The molecule has 1 aromatic carbocycles. The minimum Gasteiger partial charge on any atom is -0.350 e. The van der Waals surface area contributed by atoms with Crippen molar-refractivity contribution in [3.05, 3.63) is 36.0 Å². The van der Waals surface area contributed by atoms with E-state index < -0.39 is 10.0 Å². The van der Waals surface area contributed by atoms with Crippen LogP contribution in [-0.4, -0.2) is 32.3 Å². The maximum Gasteiger partial charge on any atom is 0.212 e. The molecule has 0 saturated heterocycles. The molecular weight excluding hydrogens is 262 g/mol. The molecule has 2 rings (SSSR count). The van der Waals surface area contributed by atoms with E-state index in [-0.39, 0.29) is 5.75 Å². The van der Waals surface area contributed by atoms with Crippen molar-refractivity contribution in [2.45, 2.75) is 6.54 Å². The molecule has 104 valence electrons. The Kier molecular flexibility index (Phi) is 4.24. The summed E-state index contributed by atoms with van der Waals surface area (Å²) in [7, 11) is 0.313. The summed E-state index contributed by atoms with van der Waals surface area (Å²) in [5.74, 6) is 0.0915. The number of nitrogens with zero attached hydrogens (tertiary/aromatic N) is 1. The Hall–Kier alpha value is -1.37. The van der Waals surface area contributed by atoms with Crippen LogP contribution in [0.1, 0.15) is 5.56 Å². The third kappa shape index (κ3) is 3.34. The number of rotatable bonds is 6. The molecule has 0 bridgehead atoms. The molecule has 2 aromatic rings. The lowest BCUT2D eigenvalue weighted by molar-refractivity contribution is 0.583. The quantitative estimate of drug-likeness (QED) is 0.771. The van der Waals surface area contributed by atoms with Gasteiger partial charge in [-0.1, -0.05) is 18.2 Å². The lowest BCUT2D eigenvalue weighted by atomic mass is 10.2. The van der Waals surface area contributed by atoms with Gasteiger partial charge in [0, 0.05) is 37.2 Å². The monoisotopic (exact) mass is 281 g/mol. The molecule has 5 nitrogen and oxygen atoms in total. The molecular formula is C13H19N3O2S. The van der Waals surface area contributed by atoms with Crippen molar-refractivity contribution in [2.75, 3.05) is 19.3 Å². The molecule has 1 aromatic heterocycles. The van der Waals surface area contributed by atoms with Crippen LogP contribution in [0.2, 0.25) is 0 Å². The van der Waals surface area contributed by atoms with Crippen molar-refractivity contribution < 1.29 is 8.42 Å². The predicted molar refractivity (Wildman–Crippen MR) is 77.5 cm³/mol. The predicted octanol–water partition coefficient (Wildman–Crippen LogP) is 0.817. The molecule has 0 radical (unpaired) electrons. The van der Waals surface area contributed by atoms with Gasteiger partial charge in [-0.2, -0.15) is 0 Å². The average molecular weight is 281 g/mol. The van der Waals surface area contributed by atoms with Gasteiger partial charge in [0.2, 0.25) is 10.0 Å². The molecule has 0 amide bonds. The van der Waals surface area contributed by atoms with Gasteiger partial charge in [-0.15, -0.1) is 0 Å². The van der Waals surface area contributed by atoms with Gasteiger partial charge in [-0.25, -0.2) is 13.1 Å². The standard InChI is InChI=1S/C13H19N3O2S/c1-14-19(17,18)8-7-15-9-11-10-16(2)13-6-4-3-5-12(11)13/h3-6,10,14-15H,7-9H2,1-2H3. The first-order valence-corrected chi connectivity index (χ1v) is 7.83. The second kappa shape index (κ2) is 5.73. The summed E-state index contributed by atoms with van der Waals surface area (Å²) >= 11 is 0. The van der Waals surface area contributed by atoms with E-state index in [4.69, 9.17) is 0 Å². The number of hydrogen-bond acceptors (Lipinski definition) is 3. The van der Waals surface area contributed by atoms with Crippen LogP contribution in [0, 0.1) is 0 Å². The first-order valence-electron chi connectivity index (χ1n) is 6.18. The van der Waals surface area contributed by atoms with Gasteiger partial charge in [0.05, 0.1) is 5.75 Å². The number of benzene rings is 1. The van der Waals surface area contributed by atoms with Crippen molar-refractivity contribution in [1.82, 2.24) is 14.6 Å². The van der Waals surface area contributed by atoms with Gasteiger partial charge in [0.1, 0.15) is 0 Å². The summed E-state index contributed by atoms with van der Waals surface area (Å²) in [6.07, 6.45) is 2.07. The Morgan fingerprint density at radius 2 is 2.00 bits per heavy atom. The fourth-order valence-electron chi connectivity index (χ4n) is 2.10. The van der Waals surface area contributed by atoms with E-state index in [2.05, 4.69) is 32.9 Å². The van der Waals surface area contributed by atoms with Crippen LogP contribution in [0.4, 0.5) is 0 Å². The first kappa shape index (κ1) is 14.0. The second-order valence-electron chi connectivity index (χ2n) is 4.48. The summed E-state index contributed by atoms with van der Waals surface area (Å²) in [5.41, 5.74) is 2.36.